The monoisotopic (exact) mass is 428 g/mol. The molecule has 4 nitrogen and oxygen atoms in total. The van der Waals surface area contributed by atoms with Crippen LogP contribution in [0.2, 0.25) is 0 Å². The fourth-order valence-electron chi connectivity index (χ4n) is 8.72. The fraction of sp³-hybridized carbons (Fsp3) is 0.852. The van der Waals surface area contributed by atoms with Gasteiger partial charge < -0.3 is 19.3 Å². The molecule has 31 heavy (non-hydrogen) atoms. The van der Waals surface area contributed by atoms with Gasteiger partial charge in [0.2, 0.25) is 0 Å². The standard InChI is InChI=1S/C27H40O4/c1-16(15-30-23-6-4-5-13-29-23)19-9-10-20-18-8-7-17-14-22(28)24-25(31-24)27(17,3)21(18)11-12-26(19,20)2/h7-8,14,16,18-25,28H,4-6,9-13,15H2,1-3H3/t16?,18-,19+,20-,21-,22?,23?,24?,25?,26+,27-/m0/s1. The molecule has 4 aliphatic carbocycles. The van der Waals surface area contributed by atoms with E-state index in [4.69, 9.17) is 14.2 Å². The molecule has 0 aromatic carbocycles. The number of aliphatic hydroxyl groups is 1. The van der Waals surface area contributed by atoms with Crippen LogP contribution in [0.5, 0.6) is 0 Å². The van der Waals surface area contributed by atoms with Gasteiger partial charge in [0.05, 0.1) is 12.7 Å². The molecule has 172 valence electrons. The van der Waals surface area contributed by atoms with Crippen LogP contribution in [-0.4, -0.2) is 42.9 Å². The number of rotatable bonds is 4. The Balaban J connectivity index is 1.19. The fourth-order valence-corrected chi connectivity index (χ4v) is 8.72. The van der Waals surface area contributed by atoms with Crippen LogP contribution in [0.4, 0.5) is 0 Å². The molecule has 2 saturated carbocycles. The van der Waals surface area contributed by atoms with Crippen LogP contribution in [0.1, 0.15) is 65.7 Å². The largest absolute Gasteiger partial charge is 0.386 e. The third-order valence-corrected chi connectivity index (χ3v) is 10.5. The van der Waals surface area contributed by atoms with Gasteiger partial charge in [-0.15, -0.1) is 0 Å². The highest BCUT2D eigenvalue weighted by Crippen LogP contribution is 2.68. The molecule has 4 heteroatoms. The van der Waals surface area contributed by atoms with E-state index in [9.17, 15) is 5.11 Å². The summed E-state index contributed by atoms with van der Waals surface area (Å²) in [5.41, 5.74) is 1.81. The molecule has 1 N–H and O–H groups in total. The summed E-state index contributed by atoms with van der Waals surface area (Å²) >= 11 is 0. The molecule has 2 heterocycles. The summed E-state index contributed by atoms with van der Waals surface area (Å²) in [4.78, 5) is 0. The Morgan fingerprint density at radius 1 is 1.16 bits per heavy atom. The van der Waals surface area contributed by atoms with E-state index < -0.39 is 6.10 Å². The Morgan fingerprint density at radius 3 is 2.84 bits per heavy atom. The Hall–Kier alpha value is -0.680. The van der Waals surface area contributed by atoms with E-state index in [0.29, 0.717) is 23.2 Å². The van der Waals surface area contributed by atoms with Crippen molar-refractivity contribution in [2.24, 2.45) is 40.4 Å². The number of allylic oxidation sites excluding steroid dienone is 2. The van der Waals surface area contributed by atoms with Crippen molar-refractivity contribution in [3.63, 3.8) is 0 Å². The lowest BCUT2D eigenvalue weighted by Gasteiger charge is -2.56. The zero-order chi connectivity index (χ0) is 21.4. The first-order valence-electron chi connectivity index (χ1n) is 12.9. The van der Waals surface area contributed by atoms with Gasteiger partial charge in [-0.25, -0.2) is 0 Å². The highest BCUT2D eigenvalue weighted by molar-refractivity contribution is 5.41. The zero-order valence-electron chi connectivity index (χ0n) is 19.5. The van der Waals surface area contributed by atoms with Gasteiger partial charge in [0.15, 0.2) is 6.29 Å². The second-order valence-electron chi connectivity index (χ2n) is 11.9. The highest BCUT2D eigenvalue weighted by Gasteiger charge is 2.66. The van der Waals surface area contributed by atoms with Crippen molar-refractivity contribution >= 4 is 0 Å². The van der Waals surface area contributed by atoms with Crippen molar-refractivity contribution in [1.82, 2.24) is 0 Å². The molecule has 2 aliphatic heterocycles. The van der Waals surface area contributed by atoms with Crippen LogP contribution >= 0.6 is 0 Å². The predicted molar refractivity (Wildman–Crippen MR) is 119 cm³/mol. The van der Waals surface area contributed by atoms with E-state index in [1.165, 1.54) is 44.1 Å². The van der Waals surface area contributed by atoms with E-state index in [-0.39, 0.29) is 23.9 Å². The van der Waals surface area contributed by atoms with Crippen molar-refractivity contribution < 1.29 is 19.3 Å². The molecule has 4 fully saturated rings. The summed E-state index contributed by atoms with van der Waals surface area (Å²) in [7, 11) is 0. The first kappa shape index (κ1) is 20.9. The zero-order valence-corrected chi connectivity index (χ0v) is 19.5. The van der Waals surface area contributed by atoms with Gasteiger partial charge in [-0.05, 0) is 91.6 Å². The lowest BCUT2D eigenvalue weighted by molar-refractivity contribution is -0.173. The average Bonchev–Trinajstić information content (AvgIpc) is 3.51. The quantitative estimate of drug-likeness (QED) is 0.649. The molecule has 0 amide bonds. The topological polar surface area (TPSA) is 51.2 Å². The number of hydrogen-bond donors (Lipinski definition) is 1. The Morgan fingerprint density at radius 2 is 2.03 bits per heavy atom. The second-order valence-corrected chi connectivity index (χ2v) is 11.9. The Kier molecular flexibility index (Phi) is 5.00. The molecule has 0 aromatic rings. The minimum Gasteiger partial charge on any atom is -0.386 e. The minimum atomic E-state index is -0.423. The molecule has 2 saturated heterocycles. The normalized spacial score (nSPS) is 53.6. The molecule has 11 atom stereocenters. The van der Waals surface area contributed by atoms with Crippen LogP contribution in [0, 0.1) is 40.4 Å². The molecular formula is C27H40O4. The van der Waals surface area contributed by atoms with Crippen molar-refractivity contribution in [1.29, 1.82) is 0 Å². The molecule has 0 radical (unpaired) electrons. The van der Waals surface area contributed by atoms with Gasteiger partial charge in [0.1, 0.15) is 12.2 Å². The lowest BCUT2D eigenvalue weighted by Crippen LogP contribution is -2.52. The maximum Gasteiger partial charge on any atom is 0.157 e. The van der Waals surface area contributed by atoms with Crippen molar-refractivity contribution in [3.05, 3.63) is 23.8 Å². The third kappa shape index (κ3) is 3.08. The van der Waals surface area contributed by atoms with Gasteiger partial charge in [0, 0.05) is 12.0 Å². The van der Waals surface area contributed by atoms with E-state index in [1.807, 2.05) is 0 Å². The molecule has 0 aromatic heterocycles. The summed E-state index contributed by atoms with van der Waals surface area (Å²) in [5, 5.41) is 10.3. The van der Waals surface area contributed by atoms with Gasteiger partial charge in [-0.3, -0.25) is 0 Å². The Bertz CT molecular complexity index is 769. The predicted octanol–water partition coefficient (Wildman–Crippen LogP) is 4.87. The number of fused-ring (bicyclic) bond motifs is 7. The third-order valence-electron chi connectivity index (χ3n) is 10.5. The summed E-state index contributed by atoms with van der Waals surface area (Å²) in [6.45, 7) is 9.11. The number of epoxide rings is 1. The van der Waals surface area contributed by atoms with Crippen LogP contribution in [0.15, 0.2) is 23.8 Å². The van der Waals surface area contributed by atoms with Crippen molar-refractivity contribution in [3.8, 4) is 0 Å². The van der Waals surface area contributed by atoms with Gasteiger partial charge in [-0.2, -0.15) is 0 Å². The molecule has 0 spiro atoms. The number of aliphatic hydroxyl groups excluding tert-OH is 1. The van der Waals surface area contributed by atoms with E-state index in [0.717, 1.165) is 31.5 Å². The maximum absolute atomic E-state index is 10.3. The molecule has 6 aliphatic rings. The highest BCUT2D eigenvalue weighted by atomic mass is 16.7. The van der Waals surface area contributed by atoms with Crippen molar-refractivity contribution in [2.45, 2.75) is 90.3 Å². The smallest absolute Gasteiger partial charge is 0.157 e. The van der Waals surface area contributed by atoms with Crippen LogP contribution in [-0.2, 0) is 14.2 Å². The second kappa shape index (κ2) is 7.41. The van der Waals surface area contributed by atoms with Crippen LogP contribution < -0.4 is 0 Å². The summed E-state index contributed by atoms with van der Waals surface area (Å²) in [6, 6.07) is 0. The van der Waals surface area contributed by atoms with E-state index in [1.54, 1.807) is 0 Å². The number of hydrogen-bond acceptors (Lipinski definition) is 4. The van der Waals surface area contributed by atoms with E-state index in [2.05, 4.69) is 39.0 Å². The molecule has 6 rings (SSSR count). The minimum absolute atomic E-state index is 0.0246. The summed E-state index contributed by atoms with van der Waals surface area (Å²) < 4.78 is 18.1. The lowest BCUT2D eigenvalue weighted by atomic mass is 9.48. The van der Waals surface area contributed by atoms with Gasteiger partial charge >= 0.3 is 0 Å². The molecule has 0 bridgehead atoms. The van der Waals surface area contributed by atoms with Crippen LogP contribution in [0.3, 0.4) is 0 Å². The average molecular weight is 429 g/mol. The first-order valence-corrected chi connectivity index (χ1v) is 12.9. The van der Waals surface area contributed by atoms with Gasteiger partial charge in [-0.1, -0.05) is 32.9 Å². The first-order chi connectivity index (χ1) is 14.9. The maximum atomic E-state index is 10.3. The van der Waals surface area contributed by atoms with E-state index >= 15 is 0 Å². The number of ether oxygens (including phenoxy) is 3. The molecule has 5 unspecified atom stereocenters. The Labute approximate surface area is 187 Å². The summed E-state index contributed by atoms with van der Waals surface area (Å²) in [5.74, 6) is 3.35. The SMILES string of the molecule is CC(COC1CCCCO1)[C@H]1CC[C@H]2[C@@H]3C=CC4=CC(O)C5OC5[C@]4(C)[C@H]3CC[C@]12C. The van der Waals surface area contributed by atoms with Gasteiger partial charge in [0.25, 0.3) is 0 Å². The summed E-state index contributed by atoms with van der Waals surface area (Å²) in [6.07, 6.45) is 15.5. The molecular weight excluding hydrogens is 388 g/mol. The van der Waals surface area contributed by atoms with Crippen molar-refractivity contribution in [2.75, 3.05) is 13.2 Å². The van der Waals surface area contributed by atoms with Crippen LogP contribution in [0.25, 0.3) is 0 Å².